The first kappa shape index (κ1) is 13.1. The Balaban J connectivity index is 1.63. The Labute approximate surface area is 123 Å². The van der Waals surface area contributed by atoms with Crippen LogP contribution in [-0.2, 0) is 0 Å². The minimum Gasteiger partial charge on any atom is -0.305 e. The molecule has 2 heterocycles. The predicted molar refractivity (Wildman–Crippen MR) is 85.0 cm³/mol. The molecule has 1 nitrogen and oxygen atoms in total. The van der Waals surface area contributed by atoms with Crippen molar-refractivity contribution >= 4 is 22.7 Å². The molecule has 1 aliphatic carbocycles. The lowest BCUT2D eigenvalue weighted by atomic mass is 10.1. The van der Waals surface area contributed by atoms with Crippen LogP contribution in [0.2, 0.25) is 0 Å². The first-order valence-corrected chi connectivity index (χ1v) is 8.67. The van der Waals surface area contributed by atoms with Gasteiger partial charge in [0.1, 0.15) is 0 Å². The molecular weight excluding hydrogens is 270 g/mol. The van der Waals surface area contributed by atoms with Crippen LogP contribution in [0.4, 0.5) is 0 Å². The summed E-state index contributed by atoms with van der Waals surface area (Å²) in [6.45, 7) is 1.08. The molecule has 0 atom stereocenters. The van der Waals surface area contributed by atoms with E-state index in [1.165, 1.54) is 35.4 Å². The number of hydrogen-bond acceptors (Lipinski definition) is 3. The van der Waals surface area contributed by atoms with Gasteiger partial charge in [-0.15, -0.1) is 22.7 Å². The van der Waals surface area contributed by atoms with Crippen LogP contribution in [-0.4, -0.2) is 6.54 Å². The number of allylic oxidation sites excluding steroid dienone is 1. The van der Waals surface area contributed by atoms with E-state index in [0.717, 1.165) is 6.54 Å². The highest BCUT2D eigenvalue weighted by molar-refractivity contribution is 7.11. The van der Waals surface area contributed by atoms with Gasteiger partial charge >= 0.3 is 0 Å². The molecule has 0 aliphatic heterocycles. The lowest BCUT2D eigenvalue weighted by Gasteiger charge is -2.16. The molecule has 0 saturated heterocycles. The lowest BCUT2D eigenvalue weighted by Crippen LogP contribution is -2.22. The summed E-state index contributed by atoms with van der Waals surface area (Å²) in [7, 11) is 0. The van der Waals surface area contributed by atoms with Gasteiger partial charge in [0, 0.05) is 9.75 Å². The van der Waals surface area contributed by atoms with Crippen molar-refractivity contribution in [3.05, 3.63) is 56.4 Å². The van der Waals surface area contributed by atoms with E-state index in [2.05, 4.69) is 46.4 Å². The molecule has 0 spiro atoms. The van der Waals surface area contributed by atoms with Crippen molar-refractivity contribution in [3.63, 3.8) is 0 Å². The summed E-state index contributed by atoms with van der Waals surface area (Å²) >= 11 is 3.68. The zero-order valence-corrected chi connectivity index (χ0v) is 12.6. The van der Waals surface area contributed by atoms with Crippen LogP contribution in [0.15, 0.2) is 46.7 Å². The molecule has 19 heavy (non-hydrogen) atoms. The minimum absolute atomic E-state index is 0.377. The lowest BCUT2D eigenvalue weighted by molar-refractivity contribution is 0.615. The summed E-state index contributed by atoms with van der Waals surface area (Å²) in [5.41, 5.74) is 1.64. The van der Waals surface area contributed by atoms with Crippen LogP contribution in [0.25, 0.3) is 0 Å². The summed E-state index contributed by atoms with van der Waals surface area (Å²) in [6, 6.07) is 9.12. The van der Waals surface area contributed by atoms with E-state index >= 15 is 0 Å². The first-order chi connectivity index (χ1) is 9.43. The average Bonchev–Trinajstić information content (AvgIpc) is 3.15. The van der Waals surface area contributed by atoms with Crippen LogP contribution in [0.3, 0.4) is 0 Å². The van der Waals surface area contributed by atoms with Crippen LogP contribution < -0.4 is 5.32 Å². The Bertz CT molecular complexity index is 477. The highest BCUT2D eigenvalue weighted by Crippen LogP contribution is 2.29. The van der Waals surface area contributed by atoms with Gasteiger partial charge < -0.3 is 5.32 Å². The molecule has 0 bridgehead atoms. The monoisotopic (exact) mass is 289 g/mol. The van der Waals surface area contributed by atoms with Crippen molar-refractivity contribution in [2.75, 3.05) is 6.54 Å². The summed E-state index contributed by atoms with van der Waals surface area (Å²) < 4.78 is 0. The highest BCUT2D eigenvalue weighted by Gasteiger charge is 2.15. The quantitative estimate of drug-likeness (QED) is 0.739. The molecule has 0 saturated carbocycles. The molecule has 2 aromatic rings. The second-order valence-electron chi connectivity index (χ2n) is 4.92. The molecule has 100 valence electrons. The third-order valence-corrected chi connectivity index (χ3v) is 5.46. The summed E-state index contributed by atoms with van der Waals surface area (Å²) in [5, 5.41) is 8.06. The Hall–Kier alpha value is -0.900. The Morgan fingerprint density at radius 2 is 1.84 bits per heavy atom. The van der Waals surface area contributed by atoms with Crippen LogP contribution in [0.5, 0.6) is 0 Å². The molecule has 0 aromatic carbocycles. The van der Waals surface area contributed by atoms with Gasteiger partial charge in [-0.2, -0.15) is 0 Å². The Morgan fingerprint density at radius 1 is 1.11 bits per heavy atom. The van der Waals surface area contributed by atoms with Crippen molar-refractivity contribution in [2.45, 2.75) is 31.7 Å². The van der Waals surface area contributed by atoms with Gasteiger partial charge in [-0.25, -0.2) is 0 Å². The number of hydrogen-bond donors (Lipinski definition) is 1. The number of nitrogens with one attached hydrogen (secondary N) is 1. The molecular formula is C16H19NS2. The topological polar surface area (TPSA) is 12.0 Å². The molecule has 3 rings (SSSR count). The van der Waals surface area contributed by atoms with E-state index in [-0.39, 0.29) is 0 Å². The van der Waals surface area contributed by atoms with Crippen molar-refractivity contribution in [1.29, 1.82) is 0 Å². The van der Waals surface area contributed by atoms with E-state index < -0.39 is 0 Å². The third-order valence-electron chi connectivity index (χ3n) is 3.59. The smallest absolute Gasteiger partial charge is 0.0764 e. The fourth-order valence-electron chi connectivity index (χ4n) is 2.59. The maximum atomic E-state index is 3.73. The van der Waals surface area contributed by atoms with E-state index in [1.807, 2.05) is 22.7 Å². The summed E-state index contributed by atoms with van der Waals surface area (Å²) in [6.07, 6.45) is 7.58. The molecule has 0 unspecified atom stereocenters. The van der Waals surface area contributed by atoms with E-state index in [0.29, 0.717) is 6.04 Å². The normalized spacial score (nSPS) is 15.1. The molecule has 1 N–H and O–H groups in total. The molecule has 3 heteroatoms. The zero-order chi connectivity index (χ0) is 12.9. The number of rotatable bonds is 6. The van der Waals surface area contributed by atoms with Crippen molar-refractivity contribution in [3.8, 4) is 0 Å². The highest BCUT2D eigenvalue weighted by atomic mass is 32.1. The molecule has 1 aliphatic rings. The van der Waals surface area contributed by atoms with Crippen molar-refractivity contribution in [1.82, 2.24) is 5.32 Å². The van der Waals surface area contributed by atoms with E-state index in [9.17, 15) is 0 Å². The second-order valence-corrected chi connectivity index (χ2v) is 6.88. The first-order valence-electron chi connectivity index (χ1n) is 6.91. The summed E-state index contributed by atoms with van der Waals surface area (Å²) in [4.78, 5) is 2.84. The molecule has 0 radical (unpaired) electrons. The Morgan fingerprint density at radius 3 is 2.37 bits per heavy atom. The third kappa shape index (κ3) is 3.35. The Kier molecular flexibility index (Phi) is 4.49. The standard InChI is InChI=1S/C16H19NS2/c1-2-6-13(5-1)9-10-17-16(14-7-3-11-18-14)15-8-4-12-19-15/h3-5,7-8,11-12,16-17H,1-2,6,9-10H2. The summed E-state index contributed by atoms with van der Waals surface area (Å²) in [5.74, 6) is 0. The van der Waals surface area contributed by atoms with Gasteiger partial charge in [0.05, 0.1) is 6.04 Å². The minimum atomic E-state index is 0.377. The van der Waals surface area contributed by atoms with Crippen LogP contribution in [0.1, 0.15) is 41.5 Å². The molecule has 0 amide bonds. The SMILES string of the molecule is C1=C(CCNC(c2cccs2)c2cccs2)CCC1. The van der Waals surface area contributed by atoms with Crippen molar-refractivity contribution < 1.29 is 0 Å². The molecule has 0 fully saturated rings. The largest absolute Gasteiger partial charge is 0.305 e. The maximum Gasteiger partial charge on any atom is 0.0764 e. The maximum absolute atomic E-state index is 3.73. The molecule has 2 aromatic heterocycles. The number of thiophene rings is 2. The van der Waals surface area contributed by atoms with Gasteiger partial charge in [-0.1, -0.05) is 23.8 Å². The second kappa shape index (κ2) is 6.51. The zero-order valence-electron chi connectivity index (χ0n) is 11.0. The van der Waals surface area contributed by atoms with Gasteiger partial charge in [0.15, 0.2) is 0 Å². The van der Waals surface area contributed by atoms with Crippen molar-refractivity contribution in [2.24, 2.45) is 0 Å². The van der Waals surface area contributed by atoms with Gasteiger partial charge in [-0.05, 0) is 55.1 Å². The van der Waals surface area contributed by atoms with Gasteiger partial charge in [0.25, 0.3) is 0 Å². The fourth-order valence-corrected chi connectivity index (χ4v) is 4.30. The van der Waals surface area contributed by atoms with Crippen LogP contribution >= 0.6 is 22.7 Å². The predicted octanol–water partition coefficient (Wildman–Crippen LogP) is 4.99. The van der Waals surface area contributed by atoms with Gasteiger partial charge in [-0.3, -0.25) is 0 Å². The average molecular weight is 289 g/mol. The van der Waals surface area contributed by atoms with E-state index in [1.54, 1.807) is 5.57 Å². The fraction of sp³-hybridized carbons (Fsp3) is 0.375. The van der Waals surface area contributed by atoms with Gasteiger partial charge in [0.2, 0.25) is 0 Å². The van der Waals surface area contributed by atoms with Crippen LogP contribution in [0, 0.1) is 0 Å². The van der Waals surface area contributed by atoms with E-state index in [4.69, 9.17) is 0 Å².